The zero-order valence-electron chi connectivity index (χ0n) is 17.7. The molecule has 158 valence electrons. The summed E-state index contributed by atoms with van der Waals surface area (Å²) < 4.78 is 0. The van der Waals surface area contributed by atoms with Crippen LogP contribution < -0.4 is 0 Å². The second kappa shape index (κ2) is 8.12. The third kappa shape index (κ3) is 4.03. The molecule has 31 heavy (non-hydrogen) atoms. The van der Waals surface area contributed by atoms with Gasteiger partial charge in [0, 0.05) is 18.9 Å². The van der Waals surface area contributed by atoms with Gasteiger partial charge in [0.15, 0.2) is 5.76 Å². The van der Waals surface area contributed by atoms with E-state index in [0.29, 0.717) is 4.88 Å². The number of nitrogens with zero attached hydrogens (tertiary/aromatic N) is 2. The highest BCUT2D eigenvalue weighted by molar-refractivity contribution is 7.12. The van der Waals surface area contributed by atoms with Gasteiger partial charge in [0.1, 0.15) is 0 Å². The van der Waals surface area contributed by atoms with E-state index in [1.165, 1.54) is 11.3 Å². The molecule has 3 heterocycles. The van der Waals surface area contributed by atoms with Crippen LogP contribution in [0.3, 0.4) is 0 Å². The first kappa shape index (κ1) is 21.0. The van der Waals surface area contributed by atoms with Crippen molar-refractivity contribution in [1.29, 1.82) is 0 Å². The van der Waals surface area contributed by atoms with Gasteiger partial charge in [-0.05, 0) is 39.6 Å². The number of rotatable bonds is 5. The number of thiophene rings is 1. The van der Waals surface area contributed by atoms with Gasteiger partial charge in [-0.2, -0.15) is 0 Å². The highest BCUT2D eigenvalue weighted by Crippen LogP contribution is 2.40. The lowest BCUT2D eigenvalue weighted by molar-refractivity contribution is -0.130. The number of carbonyl (C=O) groups is 2. The minimum atomic E-state index is -0.670. The Morgan fingerprint density at radius 3 is 2.45 bits per heavy atom. The lowest BCUT2D eigenvalue weighted by Crippen LogP contribution is -2.30. The van der Waals surface area contributed by atoms with Crippen LogP contribution in [-0.2, 0) is 16.8 Å². The van der Waals surface area contributed by atoms with Crippen molar-refractivity contribution in [2.24, 2.45) is 0 Å². The van der Waals surface area contributed by atoms with E-state index in [2.05, 4.69) is 25.8 Å². The second-order valence-corrected chi connectivity index (χ2v) is 9.59. The van der Waals surface area contributed by atoms with Crippen molar-refractivity contribution < 1.29 is 14.7 Å². The summed E-state index contributed by atoms with van der Waals surface area (Å²) in [6.45, 7) is 6.64. The minimum absolute atomic E-state index is 0.0208. The summed E-state index contributed by atoms with van der Waals surface area (Å²) in [6.07, 6.45) is 3.35. The molecule has 4 rings (SSSR count). The molecule has 0 saturated carbocycles. The Labute approximate surface area is 185 Å². The van der Waals surface area contributed by atoms with Gasteiger partial charge in [-0.25, -0.2) is 0 Å². The molecular weight excluding hydrogens is 408 g/mol. The van der Waals surface area contributed by atoms with E-state index in [1.54, 1.807) is 35.5 Å². The van der Waals surface area contributed by atoms with E-state index in [1.807, 2.05) is 35.7 Å². The van der Waals surface area contributed by atoms with Gasteiger partial charge in [0.2, 0.25) is 5.78 Å². The molecule has 0 radical (unpaired) electrons. The largest absolute Gasteiger partial charge is 0.503 e. The fourth-order valence-electron chi connectivity index (χ4n) is 3.79. The maximum Gasteiger partial charge on any atom is 0.290 e. The van der Waals surface area contributed by atoms with Crippen molar-refractivity contribution in [3.63, 3.8) is 0 Å². The van der Waals surface area contributed by atoms with Crippen LogP contribution in [0.1, 0.15) is 53.2 Å². The Balaban J connectivity index is 1.79. The first-order valence-corrected chi connectivity index (χ1v) is 11.0. The zero-order valence-corrected chi connectivity index (χ0v) is 18.5. The molecule has 0 aliphatic carbocycles. The summed E-state index contributed by atoms with van der Waals surface area (Å²) >= 11 is 1.29. The van der Waals surface area contributed by atoms with E-state index in [4.69, 9.17) is 0 Å². The number of hydrogen-bond acceptors (Lipinski definition) is 5. The van der Waals surface area contributed by atoms with Crippen molar-refractivity contribution >= 4 is 23.0 Å². The van der Waals surface area contributed by atoms with Gasteiger partial charge < -0.3 is 10.0 Å². The minimum Gasteiger partial charge on any atom is -0.503 e. The van der Waals surface area contributed by atoms with Gasteiger partial charge in [0.25, 0.3) is 5.91 Å². The topological polar surface area (TPSA) is 70.5 Å². The second-order valence-electron chi connectivity index (χ2n) is 8.64. The predicted molar refractivity (Wildman–Crippen MR) is 121 cm³/mol. The molecule has 0 unspecified atom stereocenters. The molecule has 1 aromatic carbocycles. The number of Topliss-reactive ketones (excluding diaryl/α,β-unsaturated/α-hetero) is 1. The van der Waals surface area contributed by atoms with Gasteiger partial charge in [-0.15, -0.1) is 11.3 Å². The van der Waals surface area contributed by atoms with Crippen molar-refractivity contribution in [3.8, 4) is 0 Å². The van der Waals surface area contributed by atoms with Crippen LogP contribution in [0.25, 0.3) is 0 Å². The molecule has 6 heteroatoms. The van der Waals surface area contributed by atoms with E-state index < -0.39 is 17.7 Å². The number of pyridine rings is 1. The molecule has 1 atom stereocenters. The van der Waals surface area contributed by atoms with Crippen molar-refractivity contribution in [2.75, 3.05) is 0 Å². The van der Waals surface area contributed by atoms with E-state index in [0.717, 1.165) is 16.7 Å². The fraction of sp³-hybridized carbons (Fsp3) is 0.240. The number of aliphatic hydroxyl groups is 1. The monoisotopic (exact) mass is 432 g/mol. The van der Waals surface area contributed by atoms with Gasteiger partial charge in [-0.1, -0.05) is 57.2 Å². The molecule has 2 aromatic heterocycles. The Morgan fingerprint density at radius 1 is 1.13 bits per heavy atom. The van der Waals surface area contributed by atoms with Crippen LogP contribution >= 0.6 is 11.3 Å². The van der Waals surface area contributed by atoms with Crippen LogP contribution in [-0.4, -0.2) is 26.7 Å². The first-order valence-electron chi connectivity index (χ1n) is 10.1. The normalized spacial score (nSPS) is 16.8. The SMILES string of the molecule is CC(C)(C)c1ccc([C@@H]2C(C(=O)c3cccs3)=C(O)C(=O)N2Cc2cccnc2)cc1. The molecular formula is C25H24N2O3S. The maximum atomic E-state index is 13.3. The Morgan fingerprint density at radius 2 is 1.87 bits per heavy atom. The molecule has 0 saturated heterocycles. The highest BCUT2D eigenvalue weighted by Gasteiger charge is 2.44. The summed E-state index contributed by atoms with van der Waals surface area (Å²) in [5.74, 6) is -1.35. The van der Waals surface area contributed by atoms with Gasteiger partial charge >= 0.3 is 0 Å². The van der Waals surface area contributed by atoms with Gasteiger partial charge in [-0.3, -0.25) is 14.6 Å². The first-order chi connectivity index (χ1) is 14.8. The summed E-state index contributed by atoms with van der Waals surface area (Å²) in [7, 11) is 0. The highest BCUT2D eigenvalue weighted by atomic mass is 32.1. The number of benzene rings is 1. The number of hydrogen-bond donors (Lipinski definition) is 1. The van der Waals surface area contributed by atoms with Crippen LogP contribution in [0.15, 0.2) is 77.6 Å². The van der Waals surface area contributed by atoms with E-state index in [-0.39, 0.29) is 23.3 Å². The molecule has 1 aliphatic rings. The summed E-state index contributed by atoms with van der Waals surface area (Å²) in [4.78, 5) is 32.5. The molecule has 1 amide bonds. The standard InChI is InChI=1S/C25H24N2O3S/c1-25(2,3)18-10-8-17(9-11-18)21-20(22(28)19-7-5-13-31-19)23(29)24(30)27(21)15-16-6-4-12-26-14-16/h4-14,21,29H,15H2,1-3H3/t21-/m1/s1. The summed E-state index contributed by atoms with van der Waals surface area (Å²) in [5.41, 5.74) is 2.87. The van der Waals surface area contributed by atoms with Crippen molar-refractivity contribution in [1.82, 2.24) is 9.88 Å². The number of amides is 1. The maximum absolute atomic E-state index is 13.3. The van der Waals surface area contributed by atoms with Crippen molar-refractivity contribution in [2.45, 2.75) is 38.8 Å². The third-order valence-electron chi connectivity index (χ3n) is 5.46. The number of ketones is 1. The van der Waals surface area contributed by atoms with Crippen LogP contribution in [0.5, 0.6) is 0 Å². The Hall–Kier alpha value is -3.25. The zero-order chi connectivity index (χ0) is 22.2. The van der Waals surface area contributed by atoms with Crippen LogP contribution in [0, 0.1) is 0 Å². The van der Waals surface area contributed by atoms with E-state index in [9.17, 15) is 14.7 Å². The third-order valence-corrected chi connectivity index (χ3v) is 6.33. The molecule has 5 nitrogen and oxygen atoms in total. The summed E-state index contributed by atoms with van der Waals surface area (Å²) in [6, 6.07) is 14.4. The molecule has 3 aromatic rings. The van der Waals surface area contributed by atoms with Crippen LogP contribution in [0.4, 0.5) is 0 Å². The van der Waals surface area contributed by atoms with Gasteiger partial charge in [0.05, 0.1) is 16.5 Å². The van der Waals surface area contributed by atoms with E-state index >= 15 is 0 Å². The lowest BCUT2D eigenvalue weighted by atomic mass is 9.85. The average Bonchev–Trinajstić information content (AvgIpc) is 3.37. The quantitative estimate of drug-likeness (QED) is 0.561. The number of aliphatic hydroxyl groups excluding tert-OH is 1. The summed E-state index contributed by atoms with van der Waals surface area (Å²) in [5, 5.41) is 12.6. The van der Waals surface area contributed by atoms with Crippen molar-refractivity contribution in [3.05, 3.63) is 99.2 Å². The number of aromatic nitrogens is 1. The molecule has 1 N–H and O–H groups in total. The molecule has 1 aliphatic heterocycles. The fourth-order valence-corrected chi connectivity index (χ4v) is 4.47. The Bertz CT molecular complexity index is 1130. The molecule has 0 spiro atoms. The molecule has 0 fully saturated rings. The predicted octanol–water partition coefficient (Wildman–Crippen LogP) is 5.22. The lowest BCUT2D eigenvalue weighted by Gasteiger charge is -2.27. The number of carbonyl (C=O) groups excluding carboxylic acids is 2. The van der Waals surface area contributed by atoms with Crippen LogP contribution in [0.2, 0.25) is 0 Å². The Kier molecular flexibility index (Phi) is 5.50. The average molecular weight is 433 g/mol. The molecule has 0 bridgehead atoms. The smallest absolute Gasteiger partial charge is 0.290 e.